The molecule has 0 saturated carbocycles. The number of nitrogens with zero attached hydrogens (tertiary/aromatic N) is 5. The minimum absolute atomic E-state index is 0.136. The predicted molar refractivity (Wildman–Crippen MR) is 106 cm³/mol. The van der Waals surface area contributed by atoms with Crippen LogP contribution in [0.1, 0.15) is 38.1 Å². The second-order valence-electron chi connectivity index (χ2n) is 7.56. The molecule has 3 rings (SSSR count). The number of amides is 2. The number of ether oxygens (including phenoxy) is 1. The fourth-order valence-corrected chi connectivity index (χ4v) is 3.24. The number of carbonyl (C=O) groups is 2. The van der Waals surface area contributed by atoms with Crippen LogP contribution in [0.3, 0.4) is 0 Å². The third kappa shape index (κ3) is 6.88. The van der Waals surface area contributed by atoms with Crippen molar-refractivity contribution in [2.75, 3.05) is 20.2 Å². The van der Waals surface area contributed by atoms with Gasteiger partial charge in [0.25, 0.3) is 0 Å². The van der Waals surface area contributed by atoms with Gasteiger partial charge in [-0.2, -0.15) is 18.6 Å². The van der Waals surface area contributed by atoms with E-state index in [-0.39, 0.29) is 6.61 Å². The van der Waals surface area contributed by atoms with E-state index in [9.17, 15) is 18.0 Å². The van der Waals surface area contributed by atoms with Gasteiger partial charge in [0.05, 0.1) is 25.0 Å². The summed E-state index contributed by atoms with van der Waals surface area (Å²) in [6.45, 7) is 5.91. The molecule has 14 nitrogen and oxygen atoms in total. The zero-order valence-electron chi connectivity index (χ0n) is 17.8. The molecule has 2 N–H and O–H groups in total. The number of hydroxylamine groups is 3. The number of aromatic nitrogens is 2. The van der Waals surface area contributed by atoms with Crippen LogP contribution in [0.25, 0.3) is 0 Å². The molecular weight excluding hydrogens is 436 g/mol. The van der Waals surface area contributed by atoms with Crippen molar-refractivity contribution in [1.82, 2.24) is 25.2 Å². The van der Waals surface area contributed by atoms with Crippen molar-refractivity contribution < 1.29 is 36.4 Å². The molecule has 2 aliphatic heterocycles. The van der Waals surface area contributed by atoms with E-state index >= 15 is 0 Å². The van der Waals surface area contributed by atoms with E-state index in [1.807, 2.05) is 0 Å². The minimum atomic E-state index is -4.72. The van der Waals surface area contributed by atoms with Gasteiger partial charge in [-0.15, -0.1) is 4.28 Å². The first-order valence-corrected chi connectivity index (χ1v) is 10.4. The number of aliphatic imine (C=N–C) groups is 1. The van der Waals surface area contributed by atoms with Gasteiger partial charge in [0, 0.05) is 19.7 Å². The van der Waals surface area contributed by atoms with Crippen LogP contribution in [-0.4, -0.2) is 76.9 Å². The van der Waals surface area contributed by atoms with Crippen LogP contribution in [-0.2, 0) is 42.6 Å². The summed E-state index contributed by atoms with van der Waals surface area (Å²) in [5.74, 6) is -0.412. The van der Waals surface area contributed by atoms with Gasteiger partial charge in [-0.05, 0) is 20.8 Å². The lowest BCUT2D eigenvalue weighted by atomic mass is 10.1. The summed E-state index contributed by atoms with van der Waals surface area (Å²) in [4.78, 5) is 32.6. The third-order valence-corrected chi connectivity index (χ3v) is 4.33. The van der Waals surface area contributed by atoms with Crippen molar-refractivity contribution in [3.63, 3.8) is 0 Å². The molecule has 1 unspecified atom stereocenters. The summed E-state index contributed by atoms with van der Waals surface area (Å²) in [5, 5.41) is 4.73. The molecule has 0 spiro atoms. The van der Waals surface area contributed by atoms with E-state index in [1.165, 1.54) is 11.2 Å². The number of esters is 1. The van der Waals surface area contributed by atoms with Crippen molar-refractivity contribution >= 4 is 28.7 Å². The zero-order chi connectivity index (χ0) is 23.4. The average molecular weight is 462 g/mol. The molecule has 15 heteroatoms. The number of hydrogen-bond acceptors (Lipinski definition) is 9. The van der Waals surface area contributed by atoms with Gasteiger partial charge in [-0.25, -0.2) is 9.59 Å². The van der Waals surface area contributed by atoms with Crippen molar-refractivity contribution in [1.29, 1.82) is 0 Å². The molecule has 1 atom stereocenters. The first kappa shape index (κ1) is 24.5. The Kier molecular flexibility index (Phi) is 7.58. The Morgan fingerprint density at radius 1 is 1.45 bits per heavy atom. The van der Waals surface area contributed by atoms with E-state index < -0.39 is 34.0 Å². The molecule has 1 fully saturated rings. The minimum Gasteiger partial charge on any atom is -0.458 e. The number of hydrogen-bond donors (Lipinski definition) is 2. The molecule has 0 aromatic carbocycles. The molecule has 2 amide bonds. The molecule has 2 aliphatic rings. The molecule has 174 valence electrons. The molecule has 1 saturated heterocycles. The van der Waals surface area contributed by atoms with Crippen molar-refractivity contribution in [2.24, 2.45) is 12.0 Å². The van der Waals surface area contributed by atoms with E-state index in [4.69, 9.17) is 14.1 Å². The maximum absolute atomic E-state index is 11.9. The summed E-state index contributed by atoms with van der Waals surface area (Å²) >= 11 is 0. The van der Waals surface area contributed by atoms with E-state index in [0.29, 0.717) is 18.2 Å². The number of rotatable bonds is 6. The van der Waals surface area contributed by atoms with Crippen molar-refractivity contribution in [3.05, 3.63) is 17.5 Å². The largest absolute Gasteiger partial charge is 0.458 e. The van der Waals surface area contributed by atoms with Crippen LogP contribution in [0.4, 0.5) is 4.79 Å². The first-order valence-electron chi connectivity index (χ1n) is 9.08. The van der Waals surface area contributed by atoms with E-state index in [1.54, 1.807) is 45.7 Å². The van der Waals surface area contributed by atoms with Gasteiger partial charge in [-0.1, -0.05) is 0 Å². The molecule has 2 bridgehead atoms. The summed E-state index contributed by atoms with van der Waals surface area (Å²) in [7, 11) is -1.40. The van der Waals surface area contributed by atoms with Crippen LogP contribution in [0.15, 0.2) is 11.2 Å². The quantitative estimate of drug-likeness (QED) is 0.146. The van der Waals surface area contributed by atoms with Crippen LogP contribution < -0.4 is 5.48 Å². The number of nitrogens with one attached hydrogen (secondary N) is 1. The van der Waals surface area contributed by atoms with Gasteiger partial charge in [-0.3, -0.25) is 24.5 Å². The van der Waals surface area contributed by atoms with Crippen LogP contribution in [0.2, 0.25) is 0 Å². The summed E-state index contributed by atoms with van der Waals surface area (Å²) in [6, 6.07) is -1.16. The monoisotopic (exact) mass is 462 g/mol. The number of carbonyl (C=O) groups excluding carboxylic acids is 2. The lowest BCUT2D eigenvalue weighted by molar-refractivity contribution is -0.161. The smallest absolute Gasteiger partial charge is 0.418 e. The zero-order valence-corrected chi connectivity index (χ0v) is 18.6. The highest BCUT2D eigenvalue weighted by Gasteiger charge is 2.47. The summed E-state index contributed by atoms with van der Waals surface area (Å²) in [5.41, 5.74) is 3.43. The van der Waals surface area contributed by atoms with Gasteiger partial charge in [0.15, 0.2) is 6.61 Å². The van der Waals surface area contributed by atoms with E-state index in [2.05, 4.69) is 19.9 Å². The molecule has 3 heterocycles. The summed E-state index contributed by atoms with van der Waals surface area (Å²) < 4.78 is 41.1. The standard InChI is InChI=1S/C8H10N4O5S.C8H16N2O3/c1-10-6-3-11-4-7(5(6)2-9-10)12(8(11)13)17-18(14,15)16;1-8(2,3)13-7(11)5-12-10-6-9-4/h2,7H,3-4H2,1H3,(H,14,15,16);6H,5H2,1-4H3,(H,9,10). The SMILES string of the molecule is CN=CNOCC(=O)OC(C)(C)C.Cn1ncc2c1CN1CC2N(OS(=O)(=O)O)C1=O. The van der Waals surface area contributed by atoms with Gasteiger partial charge < -0.3 is 9.64 Å². The Bertz CT molecular complexity index is 938. The maximum atomic E-state index is 11.9. The fraction of sp³-hybridized carbons (Fsp3) is 0.625. The predicted octanol–water partition coefficient (Wildman–Crippen LogP) is -0.0458. The van der Waals surface area contributed by atoms with Gasteiger partial charge >= 0.3 is 22.4 Å². The fourth-order valence-electron chi connectivity index (χ4n) is 2.87. The third-order valence-electron chi connectivity index (χ3n) is 3.98. The highest BCUT2D eigenvalue weighted by molar-refractivity contribution is 7.80. The molecule has 31 heavy (non-hydrogen) atoms. The maximum Gasteiger partial charge on any atom is 0.418 e. The van der Waals surface area contributed by atoms with Crippen molar-refractivity contribution in [3.8, 4) is 0 Å². The number of fused-ring (bicyclic) bond motifs is 4. The molecule has 0 aliphatic carbocycles. The number of aryl methyl sites for hydroxylation is 1. The first-order chi connectivity index (χ1) is 14.3. The average Bonchev–Trinajstić information content (AvgIpc) is 3.11. The van der Waals surface area contributed by atoms with Crippen LogP contribution in [0.5, 0.6) is 0 Å². The Balaban J connectivity index is 0.000000235. The molecule has 1 aromatic heterocycles. The molecule has 1 aromatic rings. The number of urea groups is 1. The van der Waals surface area contributed by atoms with Gasteiger partial charge in [0.1, 0.15) is 18.0 Å². The Morgan fingerprint density at radius 3 is 2.71 bits per heavy atom. The summed E-state index contributed by atoms with van der Waals surface area (Å²) in [6.07, 6.45) is 2.90. The Labute approximate surface area is 179 Å². The normalized spacial score (nSPS) is 18.0. The Morgan fingerprint density at radius 2 is 2.13 bits per heavy atom. The highest BCUT2D eigenvalue weighted by atomic mass is 32.3. The van der Waals surface area contributed by atoms with E-state index in [0.717, 1.165) is 11.3 Å². The van der Waals surface area contributed by atoms with Crippen molar-refractivity contribution in [2.45, 2.75) is 39.0 Å². The lowest BCUT2D eigenvalue weighted by Crippen LogP contribution is -2.32. The van der Waals surface area contributed by atoms with Crippen LogP contribution >= 0.6 is 0 Å². The second-order valence-corrected chi connectivity index (χ2v) is 8.56. The second kappa shape index (κ2) is 9.59. The molecule has 0 radical (unpaired) electrons. The van der Waals surface area contributed by atoms with Gasteiger partial charge in [0.2, 0.25) is 0 Å². The Hall–Kier alpha value is -2.75. The van der Waals surface area contributed by atoms with Crippen LogP contribution in [0, 0.1) is 0 Å². The topological polar surface area (TPSA) is 165 Å². The highest BCUT2D eigenvalue weighted by Crippen LogP contribution is 2.37. The lowest BCUT2D eigenvalue weighted by Gasteiger charge is -2.21. The molecular formula is C16H26N6O8S.